The number of nitrogens with one attached hydrogen (secondary N) is 1. The van der Waals surface area contributed by atoms with Crippen LogP contribution in [0.5, 0.6) is 0 Å². The van der Waals surface area contributed by atoms with Crippen LogP contribution in [-0.4, -0.2) is 15.2 Å². The van der Waals surface area contributed by atoms with E-state index < -0.39 is 0 Å². The number of H-pyrrole nitrogens is 1. The van der Waals surface area contributed by atoms with Crippen molar-refractivity contribution in [2.24, 2.45) is 17.6 Å². The fourth-order valence-corrected chi connectivity index (χ4v) is 3.13. The van der Waals surface area contributed by atoms with Gasteiger partial charge in [0.15, 0.2) is 5.82 Å². The van der Waals surface area contributed by atoms with Gasteiger partial charge in [0.1, 0.15) is 5.82 Å². The topological polar surface area (TPSA) is 67.6 Å². The fourth-order valence-electron chi connectivity index (χ4n) is 3.13. The first-order valence-corrected chi connectivity index (χ1v) is 5.48. The third kappa shape index (κ3) is 1.17. The first-order valence-electron chi connectivity index (χ1n) is 5.48. The van der Waals surface area contributed by atoms with Gasteiger partial charge in [-0.05, 0) is 31.1 Å². The molecule has 3 N–H and O–H groups in total. The molecule has 2 aliphatic carbocycles. The van der Waals surface area contributed by atoms with Crippen molar-refractivity contribution >= 4 is 0 Å². The van der Waals surface area contributed by atoms with E-state index in [-0.39, 0.29) is 0 Å². The van der Waals surface area contributed by atoms with Crippen LogP contribution in [0, 0.1) is 11.8 Å². The van der Waals surface area contributed by atoms with Crippen molar-refractivity contribution < 1.29 is 0 Å². The Bertz CT molecular complexity index is 333. The van der Waals surface area contributed by atoms with Crippen molar-refractivity contribution in [3.05, 3.63) is 11.6 Å². The molecule has 2 bridgehead atoms. The number of rotatable bonds is 2. The SMILES string of the molecule is NCc1nc(C2CC3CCC2C3)n[nH]1. The Morgan fingerprint density at radius 1 is 1.36 bits per heavy atom. The van der Waals surface area contributed by atoms with Crippen LogP contribution in [0.2, 0.25) is 0 Å². The maximum Gasteiger partial charge on any atom is 0.154 e. The molecule has 3 atom stereocenters. The first kappa shape index (κ1) is 8.41. The minimum atomic E-state index is 0.466. The molecule has 4 heteroatoms. The van der Waals surface area contributed by atoms with E-state index in [0.29, 0.717) is 12.5 Å². The van der Waals surface area contributed by atoms with E-state index in [1.165, 1.54) is 25.7 Å². The fraction of sp³-hybridized carbons (Fsp3) is 0.800. The smallest absolute Gasteiger partial charge is 0.154 e. The molecular formula is C10H16N4. The minimum Gasteiger partial charge on any atom is -0.324 e. The van der Waals surface area contributed by atoms with E-state index in [9.17, 15) is 0 Å². The molecule has 2 aliphatic rings. The molecule has 14 heavy (non-hydrogen) atoms. The summed E-state index contributed by atoms with van der Waals surface area (Å²) < 4.78 is 0. The second-order valence-electron chi connectivity index (χ2n) is 4.63. The summed E-state index contributed by atoms with van der Waals surface area (Å²) >= 11 is 0. The van der Waals surface area contributed by atoms with Crippen molar-refractivity contribution in [2.45, 2.75) is 38.1 Å². The maximum absolute atomic E-state index is 5.50. The Morgan fingerprint density at radius 3 is 2.86 bits per heavy atom. The number of aromatic amines is 1. The zero-order valence-electron chi connectivity index (χ0n) is 8.24. The molecule has 0 saturated heterocycles. The van der Waals surface area contributed by atoms with E-state index in [0.717, 1.165) is 23.5 Å². The number of nitrogens with two attached hydrogens (primary N) is 1. The molecule has 1 heterocycles. The Labute approximate surface area is 83.3 Å². The largest absolute Gasteiger partial charge is 0.324 e. The number of hydrogen-bond acceptors (Lipinski definition) is 3. The molecule has 0 radical (unpaired) electrons. The second-order valence-corrected chi connectivity index (χ2v) is 4.63. The normalized spacial score (nSPS) is 35.4. The van der Waals surface area contributed by atoms with Crippen LogP contribution < -0.4 is 5.73 Å². The van der Waals surface area contributed by atoms with Gasteiger partial charge < -0.3 is 5.73 Å². The number of aromatic nitrogens is 3. The Hall–Kier alpha value is -0.900. The van der Waals surface area contributed by atoms with Crippen LogP contribution >= 0.6 is 0 Å². The molecular weight excluding hydrogens is 176 g/mol. The highest BCUT2D eigenvalue weighted by Crippen LogP contribution is 2.51. The third-order valence-corrected chi connectivity index (χ3v) is 3.81. The van der Waals surface area contributed by atoms with Gasteiger partial charge in [0, 0.05) is 5.92 Å². The summed E-state index contributed by atoms with van der Waals surface area (Å²) in [6.07, 6.45) is 5.50. The van der Waals surface area contributed by atoms with Crippen molar-refractivity contribution in [2.75, 3.05) is 0 Å². The molecule has 4 nitrogen and oxygen atoms in total. The van der Waals surface area contributed by atoms with Crippen LogP contribution in [0.3, 0.4) is 0 Å². The summed E-state index contributed by atoms with van der Waals surface area (Å²) in [6.45, 7) is 0.466. The van der Waals surface area contributed by atoms with Gasteiger partial charge in [0.2, 0.25) is 0 Å². The average Bonchev–Trinajstić information content (AvgIpc) is 2.93. The lowest BCUT2D eigenvalue weighted by atomic mass is 9.88. The van der Waals surface area contributed by atoms with Gasteiger partial charge in [-0.2, -0.15) is 5.10 Å². The second kappa shape index (κ2) is 3.05. The van der Waals surface area contributed by atoms with Gasteiger partial charge in [0.25, 0.3) is 0 Å². The van der Waals surface area contributed by atoms with Gasteiger partial charge >= 0.3 is 0 Å². The lowest BCUT2D eigenvalue weighted by Crippen LogP contribution is -2.10. The van der Waals surface area contributed by atoms with Gasteiger partial charge in [-0.1, -0.05) is 6.42 Å². The lowest BCUT2D eigenvalue weighted by Gasteiger charge is -2.17. The third-order valence-electron chi connectivity index (χ3n) is 3.81. The molecule has 1 aromatic heterocycles. The number of hydrogen-bond donors (Lipinski definition) is 2. The highest BCUT2D eigenvalue weighted by Gasteiger charge is 2.41. The van der Waals surface area contributed by atoms with Crippen LogP contribution in [0.1, 0.15) is 43.3 Å². The maximum atomic E-state index is 5.50. The summed E-state index contributed by atoms with van der Waals surface area (Å²) in [5.41, 5.74) is 5.50. The van der Waals surface area contributed by atoms with E-state index in [2.05, 4.69) is 15.2 Å². The molecule has 3 unspecified atom stereocenters. The monoisotopic (exact) mass is 192 g/mol. The molecule has 2 fully saturated rings. The van der Waals surface area contributed by atoms with Crippen molar-refractivity contribution in [3.63, 3.8) is 0 Å². The van der Waals surface area contributed by atoms with E-state index >= 15 is 0 Å². The van der Waals surface area contributed by atoms with Crippen LogP contribution in [-0.2, 0) is 6.54 Å². The Morgan fingerprint density at radius 2 is 2.29 bits per heavy atom. The highest BCUT2D eigenvalue weighted by atomic mass is 15.2. The quantitative estimate of drug-likeness (QED) is 0.739. The minimum absolute atomic E-state index is 0.466. The van der Waals surface area contributed by atoms with E-state index in [1.807, 2.05) is 0 Å². The summed E-state index contributed by atoms with van der Waals surface area (Å²) in [5, 5.41) is 7.18. The zero-order chi connectivity index (χ0) is 9.54. The van der Waals surface area contributed by atoms with Crippen molar-refractivity contribution in [3.8, 4) is 0 Å². The molecule has 0 amide bonds. The highest BCUT2D eigenvalue weighted by molar-refractivity contribution is 5.07. The molecule has 1 aromatic rings. The summed E-state index contributed by atoms with van der Waals surface area (Å²) in [4.78, 5) is 4.44. The number of fused-ring (bicyclic) bond motifs is 2. The van der Waals surface area contributed by atoms with Crippen LogP contribution in [0.4, 0.5) is 0 Å². The molecule has 2 saturated carbocycles. The van der Waals surface area contributed by atoms with Crippen LogP contribution in [0.25, 0.3) is 0 Å². The Balaban J connectivity index is 1.82. The van der Waals surface area contributed by atoms with Gasteiger partial charge in [-0.25, -0.2) is 4.98 Å². The van der Waals surface area contributed by atoms with E-state index in [1.54, 1.807) is 0 Å². The summed E-state index contributed by atoms with van der Waals surface area (Å²) in [6, 6.07) is 0. The van der Waals surface area contributed by atoms with Crippen molar-refractivity contribution in [1.29, 1.82) is 0 Å². The van der Waals surface area contributed by atoms with Crippen LogP contribution in [0.15, 0.2) is 0 Å². The van der Waals surface area contributed by atoms with Gasteiger partial charge in [0.05, 0.1) is 6.54 Å². The van der Waals surface area contributed by atoms with Crippen molar-refractivity contribution in [1.82, 2.24) is 15.2 Å². The average molecular weight is 192 g/mol. The molecule has 0 aliphatic heterocycles. The molecule has 76 valence electrons. The lowest BCUT2D eigenvalue weighted by molar-refractivity contribution is 0.406. The van der Waals surface area contributed by atoms with Gasteiger partial charge in [-0.15, -0.1) is 0 Å². The molecule has 0 aromatic carbocycles. The zero-order valence-corrected chi connectivity index (χ0v) is 8.24. The predicted molar refractivity (Wildman–Crippen MR) is 52.5 cm³/mol. The molecule has 0 spiro atoms. The summed E-state index contributed by atoms with van der Waals surface area (Å²) in [7, 11) is 0. The van der Waals surface area contributed by atoms with Gasteiger partial charge in [-0.3, -0.25) is 5.10 Å². The first-order chi connectivity index (χ1) is 6.86. The molecule has 3 rings (SSSR count). The number of nitrogens with zero attached hydrogens (tertiary/aromatic N) is 2. The predicted octanol–water partition coefficient (Wildman–Crippen LogP) is 1.17. The van der Waals surface area contributed by atoms with E-state index in [4.69, 9.17) is 5.73 Å². The summed E-state index contributed by atoms with van der Waals surface area (Å²) in [5.74, 6) is 4.25. The Kier molecular flexibility index (Phi) is 1.83. The standard InChI is InChI=1S/C10H16N4/c11-5-9-12-10(14-13-9)8-4-6-1-2-7(8)3-6/h6-8H,1-5,11H2,(H,12,13,14).